The Kier molecular flexibility index (Phi) is 6.67. The van der Waals surface area contributed by atoms with Gasteiger partial charge in [-0.25, -0.2) is 4.79 Å². The van der Waals surface area contributed by atoms with Crippen molar-refractivity contribution in [2.45, 2.75) is 32.9 Å². The Morgan fingerprint density at radius 1 is 1.37 bits per heavy atom. The molecule has 0 bridgehead atoms. The van der Waals surface area contributed by atoms with E-state index in [2.05, 4.69) is 10.6 Å². The normalized spacial score (nSPS) is 12.3. The van der Waals surface area contributed by atoms with Crippen LogP contribution in [0.5, 0.6) is 0 Å². The molecule has 0 spiro atoms. The van der Waals surface area contributed by atoms with E-state index >= 15 is 0 Å². The summed E-state index contributed by atoms with van der Waals surface area (Å²) < 4.78 is 0. The summed E-state index contributed by atoms with van der Waals surface area (Å²) in [7, 11) is 0. The average Bonchev–Trinajstić information content (AvgIpc) is 2.36. The molecule has 0 aliphatic heterocycles. The van der Waals surface area contributed by atoms with Gasteiger partial charge in [0.05, 0.1) is 6.10 Å². The zero-order valence-corrected chi connectivity index (χ0v) is 12.1. The lowest BCUT2D eigenvalue weighted by atomic mass is 10.0. The van der Waals surface area contributed by atoms with Crippen LogP contribution in [-0.2, 0) is 6.54 Å². The molecule has 0 saturated heterocycles. The fraction of sp³-hybridized carbons (Fsp3) is 0.500. The van der Waals surface area contributed by atoms with Gasteiger partial charge in [-0.1, -0.05) is 37.6 Å². The van der Waals surface area contributed by atoms with Gasteiger partial charge in [0.15, 0.2) is 0 Å². The number of rotatable bonds is 6. The van der Waals surface area contributed by atoms with E-state index in [9.17, 15) is 9.90 Å². The van der Waals surface area contributed by atoms with E-state index in [1.807, 2.05) is 32.0 Å². The summed E-state index contributed by atoms with van der Waals surface area (Å²) in [6, 6.07) is 7.10. The summed E-state index contributed by atoms with van der Waals surface area (Å²) in [6.45, 7) is 4.79. The van der Waals surface area contributed by atoms with Gasteiger partial charge in [-0.2, -0.15) is 0 Å². The van der Waals surface area contributed by atoms with Crippen LogP contribution < -0.4 is 10.6 Å². The predicted octanol–water partition coefficient (Wildman–Crippen LogP) is 2.55. The van der Waals surface area contributed by atoms with Crippen molar-refractivity contribution < 1.29 is 9.90 Å². The zero-order valence-electron chi connectivity index (χ0n) is 11.3. The highest BCUT2D eigenvalue weighted by Crippen LogP contribution is 2.10. The lowest BCUT2D eigenvalue weighted by Gasteiger charge is -2.14. The molecular weight excluding hydrogens is 264 g/mol. The number of hydrogen-bond acceptors (Lipinski definition) is 2. The molecule has 19 heavy (non-hydrogen) atoms. The van der Waals surface area contributed by atoms with Gasteiger partial charge in [-0.3, -0.25) is 0 Å². The summed E-state index contributed by atoms with van der Waals surface area (Å²) >= 11 is 5.85. The standard InChI is InChI=1S/C14H21ClN2O2/c1-10(2)13(18)6-7-16-14(19)17-9-11-4-3-5-12(15)8-11/h3-5,8,10,13,18H,6-7,9H2,1-2H3,(H2,16,17,19). The zero-order chi connectivity index (χ0) is 14.3. The maximum Gasteiger partial charge on any atom is 0.315 e. The fourth-order valence-corrected chi connectivity index (χ4v) is 1.77. The van der Waals surface area contributed by atoms with Crippen LogP contribution >= 0.6 is 11.6 Å². The molecule has 2 amide bonds. The summed E-state index contributed by atoms with van der Waals surface area (Å²) in [6.07, 6.45) is 0.177. The van der Waals surface area contributed by atoms with Crippen molar-refractivity contribution in [3.63, 3.8) is 0 Å². The van der Waals surface area contributed by atoms with Crippen LogP contribution in [-0.4, -0.2) is 23.8 Å². The number of aliphatic hydroxyl groups is 1. The quantitative estimate of drug-likeness (QED) is 0.752. The molecule has 1 unspecified atom stereocenters. The van der Waals surface area contributed by atoms with Crippen molar-refractivity contribution in [1.82, 2.24) is 10.6 Å². The molecule has 0 aromatic heterocycles. The van der Waals surface area contributed by atoms with Gasteiger partial charge in [-0.05, 0) is 30.0 Å². The maximum absolute atomic E-state index is 11.5. The van der Waals surface area contributed by atoms with Crippen molar-refractivity contribution >= 4 is 17.6 Å². The van der Waals surface area contributed by atoms with E-state index in [1.54, 1.807) is 6.07 Å². The molecule has 1 atom stereocenters. The van der Waals surface area contributed by atoms with E-state index in [-0.39, 0.29) is 18.1 Å². The molecule has 0 radical (unpaired) electrons. The second kappa shape index (κ2) is 8.02. The van der Waals surface area contributed by atoms with Crippen LogP contribution in [0.15, 0.2) is 24.3 Å². The molecule has 106 valence electrons. The highest BCUT2D eigenvalue weighted by atomic mass is 35.5. The van der Waals surface area contributed by atoms with Crippen LogP contribution in [0.25, 0.3) is 0 Å². The molecule has 4 nitrogen and oxygen atoms in total. The van der Waals surface area contributed by atoms with E-state index in [0.29, 0.717) is 24.5 Å². The minimum absolute atomic E-state index is 0.205. The van der Waals surface area contributed by atoms with Crippen LogP contribution in [0.1, 0.15) is 25.8 Å². The molecule has 1 aromatic rings. The number of aliphatic hydroxyl groups excluding tert-OH is 1. The molecule has 3 N–H and O–H groups in total. The first-order chi connectivity index (χ1) is 8.99. The minimum Gasteiger partial charge on any atom is -0.393 e. The first kappa shape index (κ1) is 15.8. The summed E-state index contributed by atoms with van der Waals surface area (Å²) in [5, 5.41) is 15.7. The Morgan fingerprint density at radius 3 is 2.74 bits per heavy atom. The number of urea groups is 1. The van der Waals surface area contributed by atoms with Gasteiger partial charge >= 0.3 is 6.03 Å². The largest absolute Gasteiger partial charge is 0.393 e. The van der Waals surface area contributed by atoms with Gasteiger partial charge in [0.25, 0.3) is 0 Å². The number of hydrogen-bond donors (Lipinski definition) is 3. The molecule has 0 aliphatic rings. The number of carbonyl (C=O) groups excluding carboxylic acids is 1. The van der Waals surface area contributed by atoms with E-state index in [4.69, 9.17) is 11.6 Å². The van der Waals surface area contributed by atoms with Crippen LogP contribution in [0.2, 0.25) is 5.02 Å². The lowest BCUT2D eigenvalue weighted by molar-refractivity contribution is 0.116. The molecule has 0 heterocycles. The van der Waals surface area contributed by atoms with E-state index in [0.717, 1.165) is 5.56 Å². The smallest absolute Gasteiger partial charge is 0.315 e. The van der Waals surface area contributed by atoms with Crippen molar-refractivity contribution in [3.8, 4) is 0 Å². The molecular formula is C14H21ClN2O2. The fourth-order valence-electron chi connectivity index (χ4n) is 1.56. The molecule has 0 aliphatic carbocycles. The van der Waals surface area contributed by atoms with Gasteiger partial charge in [-0.15, -0.1) is 0 Å². The van der Waals surface area contributed by atoms with Crippen LogP contribution in [0, 0.1) is 5.92 Å². The first-order valence-electron chi connectivity index (χ1n) is 6.43. The van der Waals surface area contributed by atoms with Crippen LogP contribution in [0.4, 0.5) is 4.79 Å². The van der Waals surface area contributed by atoms with Crippen molar-refractivity contribution in [1.29, 1.82) is 0 Å². The Morgan fingerprint density at radius 2 is 2.11 bits per heavy atom. The number of halogens is 1. The van der Waals surface area contributed by atoms with Crippen LogP contribution in [0.3, 0.4) is 0 Å². The van der Waals surface area contributed by atoms with Crippen molar-refractivity contribution in [3.05, 3.63) is 34.9 Å². The SMILES string of the molecule is CC(C)C(O)CCNC(=O)NCc1cccc(Cl)c1. The van der Waals surface area contributed by atoms with E-state index < -0.39 is 0 Å². The second-order valence-electron chi connectivity index (χ2n) is 4.84. The maximum atomic E-state index is 11.5. The van der Waals surface area contributed by atoms with Gasteiger partial charge < -0.3 is 15.7 Å². The molecule has 0 saturated carbocycles. The molecule has 5 heteroatoms. The second-order valence-corrected chi connectivity index (χ2v) is 5.28. The number of amides is 2. The number of carbonyl (C=O) groups is 1. The lowest BCUT2D eigenvalue weighted by Crippen LogP contribution is -2.37. The number of nitrogens with one attached hydrogen (secondary N) is 2. The Labute approximate surface area is 119 Å². The minimum atomic E-state index is -0.381. The third kappa shape index (κ3) is 6.45. The van der Waals surface area contributed by atoms with E-state index in [1.165, 1.54) is 0 Å². The summed E-state index contributed by atoms with van der Waals surface area (Å²) in [5.74, 6) is 0.205. The number of benzene rings is 1. The molecule has 0 fully saturated rings. The van der Waals surface area contributed by atoms with Crippen molar-refractivity contribution in [2.75, 3.05) is 6.54 Å². The molecule has 1 rings (SSSR count). The van der Waals surface area contributed by atoms with Gasteiger partial charge in [0.2, 0.25) is 0 Å². The summed E-state index contributed by atoms with van der Waals surface area (Å²) in [5.41, 5.74) is 0.949. The third-order valence-electron chi connectivity index (χ3n) is 2.84. The summed E-state index contributed by atoms with van der Waals surface area (Å²) in [4.78, 5) is 11.5. The Hall–Kier alpha value is -1.26. The van der Waals surface area contributed by atoms with Crippen molar-refractivity contribution in [2.24, 2.45) is 5.92 Å². The Balaban J connectivity index is 2.21. The van der Waals surface area contributed by atoms with Gasteiger partial charge in [0, 0.05) is 18.1 Å². The third-order valence-corrected chi connectivity index (χ3v) is 3.07. The highest BCUT2D eigenvalue weighted by molar-refractivity contribution is 6.30. The highest BCUT2D eigenvalue weighted by Gasteiger charge is 2.09. The topological polar surface area (TPSA) is 61.4 Å². The monoisotopic (exact) mass is 284 g/mol. The first-order valence-corrected chi connectivity index (χ1v) is 6.81. The predicted molar refractivity (Wildman–Crippen MR) is 77.2 cm³/mol. The average molecular weight is 285 g/mol. The Bertz CT molecular complexity index is 410. The van der Waals surface area contributed by atoms with Gasteiger partial charge in [0.1, 0.15) is 0 Å². The molecule has 1 aromatic carbocycles.